The van der Waals surface area contributed by atoms with Crippen molar-refractivity contribution < 1.29 is 9.90 Å². The molecule has 3 aromatic rings. The van der Waals surface area contributed by atoms with Crippen LogP contribution in [0, 0.1) is 0 Å². The molecule has 1 fully saturated rings. The van der Waals surface area contributed by atoms with Crippen molar-refractivity contribution >= 4 is 17.4 Å². The van der Waals surface area contributed by atoms with Crippen LogP contribution in [-0.4, -0.2) is 25.8 Å². The molecule has 1 aliphatic carbocycles. The van der Waals surface area contributed by atoms with Gasteiger partial charge in [0, 0.05) is 36.6 Å². The van der Waals surface area contributed by atoms with Gasteiger partial charge in [-0.2, -0.15) is 5.10 Å². The second kappa shape index (κ2) is 7.22. The van der Waals surface area contributed by atoms with Gasteiger partial charge in [-0.3, -0.25) is 14.7 Å². The van der Waals surface area contributed by atoms with Crippen LogP contribution < -0.4 is 5.56 Å². The molecule has 142 valence electrons. The Hall–Kier alpha value is -3.55. The number of aromatic nitrogens is 3. The molecule has 2 aromatic heterocycles. The first kappa shape index (κ1) is 17.8. The smallest absolute Gasteiger partial charge is 0.287 e. The molecule has 0 unspecified atom stereocenters. The molecule has 0 spiro atoms. The number of nitrogens with one attached hydrogen (secondary N) is 1. The topological polar surface area (TPSA) is 113 Å². The number of carbonyl (C=O) groups excluding carboxylic acids is 1. The van der Waals surface area contributed by atoms with Crippen LogP contribution in [0.3, 0.4) is 0 Å². The molecule has 0 atom stereocenters. The van der Waals surface area contributed by atoms with Gasteiger partial charge in [0.15, 0.2) is 11.5 Å². The van der Waals surface area contributed by atoms with Crippen molar-refractivity contribution in [3.05, 3.63) is 69.6 Å². The highest BCUT2D eigenvalue weighted by atomic mass is 16.3. The molecule has 4 rings (SSSR count). The first-order valence-corrected chi connectivity index (χ1v) is 9.02. The van der Waals surface area contributed by atoms with E-state index >= 15 is 0 Å². The van der Waals surface area contributed by atoms with E-state index in [2.05, 4.69) is 20.4 Å². The maximum Gasteiger partial charge on any atom is 0.287 e. The highest BCUT2D eigenvalue weighted by Gasteiger charge is 2.25. The summed E-state index contributed by atoms with van der Waals surface area (Å²) < 4.78 is 0.715. The van der Waals surface area contributed by atoms with Crippen molar-refractivity contribution in [1.82, 2.24) is 14.8 Å². The van der Waals surface area contributed by atoms with E-state index in [4.69, 9.17) is 0 Å². The predicted octanol–water partition coefficient (Wildman–Crippen LogP) is 3.82. The molecule has 0 bridgehead atoms. The van der Waals surface area contributed by atoms with Crippen molar-refractivity contribution in [2.75, 3.05) is 0 Å². The summed E-state index contributed by atoms with van der Waals surface area (Å²) in [7, 11) is 0. The van der Waals surface area contributed by atoms with Crippen LogP contribution in [0.25, 0.3) is 0 Å². The zero-order valence-corrected chi connectivity index (χ0v) is 15.3. The number of aromatic amines is 1. The van der Waals surface area contributed by atoms with E-state index in [1.54, 1.807) is 6.07 Å². The highest BCUT2D eigenvalue weighted by molar-refractivity contribution is 5.78. The van der Waals surface area contributed by atoms with E-state index in [0.717, 1.165) is 24.1 Å². The van der Waals surface area contributed by atoms with Crippen LogP contribution in [0.2, 0.25) is 0 Å². The van der Waals surface area contributed by atoms with Gasteiger partial charge < -0.3 is 5.11 Å². The third-order valence-electron chi connectivity index (χ3n) is 4.65. The Balaban J connectivity index is 1.71. The monoisotopic (exact) mass is 377 g/mol. The Bertz CT molecular complexity index is 1110. The van der Waals surface area contributed by atoms with Gasteiger partial charge in [-0.05, 0) is 24.5 Å². The van der Waals surface area contributed by atoms with Gasteiger partial charge in [-0.15, -0.1) is 10.2 Å². The van der Waals surface area contributed by atoms with Gasteiger partial charge in [0.2, 0.25) is 11.8 Å². The van der Waals surface area contributed by atoms with Gasteiger partial charge in [0.1, 0.15) is 0 Å². The summed E-state index contributed by atoms with van der Waals surface area (Å²) in [4.78, 5) is 24.5. The summed E-state index contributed by atoms with van der Waals surface area (Å²) in [5.41, 5.74) is 1.59. The van der Waals surface area contributed by atoms with Gasteiger partial charge in [0.25, 0.3) is 5.56 Å². The summed E-state index contributed by atoms with van der Waals surface area (Å²) in [5, 5.41) is 25.5. The second-order valence-electron chi connectivity index (χ2n) is 6.86. The molecule has 1 aliphatic rings. The molecule has 0 aliphatic heterocycles. The Kier molecular flexibility index (Phi) is 4.60. The molecule has 8 heteroatoms. The summed E-state index contributed by atoms with van der Waals surface area (Å²) in [5.74, 6) is -0.105. The number of nitrogens with zero attached hydrogens (tertiary/aromatic N) is 4. The van der Waals surface area contributed by atoms with Gasteiger partial charge >= 0.3 is 0 Å². The SMILES string of the molecule is CC(=O)n1c(O)c(Cc2ccccc2)cc(N=Nc2cc(C3CC3)[nH]n2)c1=O. The first-order chi connectivity index (χ1) is 13.5. The van der Waals surface area contributed by atoms with Crippen LogP contribution in [0.5, 0.6) is 5.88 Å². The lowest BCUT2D eigenvalue weighted by molar-refractivity contribution is 0.0922. The molecular formula is C20H19N5O3. The molecule has 1 aromatic carbocycles. The minimum atomic E-state index is -0.719. The fraction of sp³-hybridized carbons (Fsp3) is 0.250. The third-order valence-corrected chi connectivity index (χ3v) is 4.65. The lowest BCUT2D eigenvalue weighted by atomic mass is 10.1. The van der Waals surface area contributed by atoms with Gasteiger partial charge in [-0.1, -0.05) is 30.3 Å². The van der Waals surface area contributed by atoms with Gasteiger partial charge in [-0.25, -0.2) is 4.57 Å². The summed E-state index contributed by atoms with van der Waals surface area (Å²) in [6.07, 6.45) is 2.60. The normalized spacial score (nSPS) is 13.9. The summed E-state index contributed by atoms with van der Waals surface area (Å²) in [6, 6.07) is 12.7. The minimum Gasteiger partial charge on any atom is -0.494 e. The molecule has 28 heavy (non-hydrogen) atoms. The van der Waals surface area contributed by atoms with Crippen LogP contribution in [0.1, 0.15) is 47.3 Å². The van der Waals surface area contributed by atoms with Crippen LogP contribution >= 0.6 is 0 Å². The van der Waals surface area contributed by atoms with E-state index in [-0.39, 0.29) is 11.6 Å². The standard InChI is InChI=1S/C20H19N5O3/c1-12(26)25-19(27)15(9-13-5-3-2-4-6-13)10-17(20(25)28)22-24-18-11-16(21-23-18)14-7-8-14/h2-6,10-11,14,27H,7-9H2,1H3,(H,21,23). The molecule has 0 saturated heterocycles. The fourth-order valence-corrected chi connectivity index (χ4v) is 3.04. The Morgan fingerprint density at radius 1 is 1.25 bits per heavy atom. The fourth-order valence-electron chi connectivity index (χ4n) is 3.04. The van der Waals surface area contributed by atoms with E-state index in [1.165, 1.54) is 13.0 Å². The average Bonchev–Trinajstić information content (AvgIpc) is 3.42. The minimum absolute atomic E-state index is 0.0325. The van der Waals surface area contributed by atoms with Crippen LogP contribution in [0.4, 0.5) is 11.5 Å². The van der Waals surface area contributed by atoms with E-state index in [1.807, 2.05) is 30.3 Å². The predicted molar refractivity (Wildman–Crippen MR) is 103 cm³/mol. The largest absolute Gasteiger partial charge is 0.494 e. The number of aromatic hydroxyl groups is 1. The summed E-state index contributed by atoms with van der Waals surface area (Å²) in [6.45, 7) is 1.21. The lowest BCUT2D eigenvalue weighted by Crippen LogP contribution is -2.25. The molecule has 8 nitrogen and oxygen atoms in total. The number of benzene rings is 1. The number of azo groups is 1. The molecule has 0 amide bonds. The lowest BCUT2D eigenvalue weighted by Gasteiger charge is -2.11. The molecular weight excluding hydrogens is 358 g/mol. The van der Waals surface area contributed by atoms with E-state index < -0.39 is 11.5 Å². The van der Waals surface area contributed by atoms with E-state index in [9.17, 15) is 14.7 Å². The van der Waals surface area contributed by atoms with Crippen molar-refractivity contribution in [3.8, 4) is 5.88 Å². The molecule has 1 saturated carbocycles. The van der Waals surface area contributed by atoms with Crippen LogP contribution in [-0.2, 0) is 6.42 Å². The van der Waals surface area contributed by atoms with Crippen molar-refractivity contribution in [1.29, 1.82) is 0 Å². The third kappa shape index (κ3) is 3.62. The van der Waals surface area contributed by atoms with Crippen LogP contribution in [0.15, 0.2) is 57.5 Å². The van der Waals surface area contributed by atoms with E-state index in [0.29, 0.717) is 28.3 Å². The molecule has 2 heterocycles. The maximum absolute atomic E-state index is 12.6. The average molecular weight is 377 g/mol. The van der Waals surface area contributed by atoms with Gasteiger partial charge in [0.05, 0.1) is 0 Å². The number of rotatable bonds is 5. The zero-order valence-electron chi connectivity index (χ0n) is 15.3. The van der Waals surface area contributed by atoms with Crippen molar-refractivity contribution in [3.63, 3.8) is 0 Å². The zero-order chi connectivity index (χ0) is 19.7. The number of hydrogen-bond acceptors (Lipinski definition) is 6. The Morgan fingerprint density at radius 3 is 2.68 bits per heavy atom. The number of carbonyl (C=O) groups is 1. The summed E-state index contributed by atoms with van der Waals surface area (Å²) >= 11 is 0. The molecule has 0 radical (unpaired) electrons. The Labute approximate surface area is 160 Å². The molecule has 2 N–H and O–H groups in total. The van der Waals surface area contributed by atoms with Crippen molar-refractivity contribution in [2.45, 2.75) is 32.1 Å². The number of hydrogen-bond donors (Lipinski definition) is 2. The second-order valence-corrected chi connectivity index (χ2v) is 6.86. The maximum atomic E-state index is 12.6. The first-order valence-electron chi connectivity index (χ1n) is 9.02. The number of H-pyrrole nitrogens is 1. The van der Waals surface area contributed by atoms with Crippen molar-refractivity contribution in [2.24, 2.45) is 10.2 Å². The number of pyridine rings is 1. The quantitative estimate of drug-likeness (QED) is 0.658. The Morgan fingerprint density at radius 2 is 2.00 bits per heavy atom. The highest BCUT2D eigenvalue weighted by Crippen LogP contribution is 2.39.